The van der Waals surface area contributed by atoms with Crippen LogP contribution in [0.15, 0.2) is 46.6 Å². The molecule has 3 rings (SSSR count). The van der Waals surface area contributed by atoms with Crippen molar-refractivity contribution in [2.24, 2.45) is 0 Å². The van der Waals surface area contributed by atoms with Crippen molar-refractivity contribution in [3.05, 3.63) is 42.4 Å². The third-order valence-electron chi connectivity index (χ3n) is 4.20. The van der Waals surface area contributed by atoms with Crippen LogP contribution in [0.1, 0.15) is 25.0 Å². The van der Waals surface area contributed by atoms with Gasteiger partial charge in [0.2, 0.25) is 15.9 Å². The summed E-state index contributed by atoms with van der Waals surface area (Å²) in [5, 5.41) is 3.63. The van der Waals surface area contributed by atoms with E-state index in [2.05, 4.69) is 15.3 Å². The molecule has 0 bridgehead atoms. The van der Waals surface area contributed by atoms with Crippen molar-refractivity contribution in [2.45, 2.75) is 36.1 Å². The van der Waals surface area contributed by atoms with Gasteiger partial charge in [0.15, 0.2) is 0 Å². The van der Waals surface area contributed by atoms with Crippen LogP contribution in [0.25, 0.3) is 0 Å². The average Bonchev–Trinajstić information content (AvgIpc) is 3.18. The van der Waals surface area contributed by atoms with Gasteiger partial charge in [-0.3, -0.25) is 4.79 Å². The number of hydrogen-bond acceptors (Lipinski definition) is 6. The van der Waals surface area contributed by atoms with Crippen molar-refractivity contribution in [3.63, 3.8) is 0 Å². The monoisotopic (exact) mass is 406 g/mol. The first kappa shape index (κ1) is 19.8. The molecule has 1 aromatic carbocycles. The second-order valence-electron chi connectivity index (χ2n) is 6.28. The van der Waals surface area contributed by atoms with E-state index in [1.54, 1.807) is 24.3 Å². The summed E-state index contributed by atoms with van der Waals surface area (Å²) in [6, 6.07) is 8.22. The Morgan fingerprint density at radius 2 is 1.89 bits per heavy atom. The summed E-state index contributed by atoms with van der Waals surface area (Å²) in [4.78, 5) is 20.5. The van der Waals surface area contributed by atoms with Gasteiger partial charge in [0, 0.05) is 36.6 Å². The maximum atomic E-state index is 12.5. The summed E-state index contributed by atoms with van der Waals surface area (Å²) >= 11 is 1.50. The molecule has 0 aliphatic carbocycles. The van der Waals surface area contributed by atoms with Crippen molar-refractivity contribution in [2.75, 3.05) is 24.2 Å². The Hall–Kier alpha value is -1.97. The van der Waals surface area contributed by atoms with E-state index in [9.17, 15) is 13.2 Å². The quantitative estimate of drug-likeness (QED) is 0.561. The molecule has 0 unspecified atom stereocenters. The molecule has 1 N–H and O–H groups in total. The Morgan fingerprint density at radius 3 is 2.56 bits per heavy atom. The number of carbonyl (C=O) groups excluding carboxylic acids is 1. The van der Waals surface area contributed by atoms with Crippen molar-refractivity contribution >= 4 is 33.4 Å². The Kier molecular flexibility index (Phi) is 6.46. The standard InChI is InChI=1S/C18H22N4O3S2/c1-14-12-18(20-13-19-14)26-11-8-17(23)21-15-4-6-16(7-5-15)27(24,25)22-9-2-3-10-22/h4-7,12-13H,2-3,8-11H2,1H3,(H,21,23). The molecule has 1 amide bonds. The molecular formula is C18H22N4O3S2. The predicted octanol–water partition coefficient (Wildman–Crippen LogP) is 2.69. The molecule has 0 spiro atoms. The second kappa shape index (κ2) is 8.81. The molecule has 2 aromatic rings. The van der Waals surface area contributed by atoms with Gasteiger partial charge in [-0.15, -0.1) is 11.8 Å². The molecule has 1 aromatic heterocycles. The molecule has 2 heterocycles. The van der Waals surface area contributed by atoms with E-state index in [0.29, 0.717) is 31.0 Å². The summed E-state index contributed by atoms with van der Waals surface area (Å²) in [5.74, 6) is 0.479. The zero-order chi connectivity index (χ0) is 19.3. The van der Waals surface area contributed by atoms with E-state index in [-0.39, 0.29) is 10.8 Å². The number of anilines is 1. The first-order valence-corrected chi connectivity index (χ1v) is 11.2. The van der Waals surface area contributed by atoms with E-state index in [1.807, 2.05) is 13.0 Å². The highest BCUT2D eigenvalue weighted by atomic mass is 32.2. The zero-order valence-corrected chi connectivity index (χ0v) is 16.7. The predicted molar refractivity (Wildman–Crippen MR) is 105 cm³/mol. The molecule has 0 atom stereocenters. The lowest BCUT2D eigenvalue weighted by Gasteiger charge is -2.15. The van der Waals surface area contributed by atoms with Gasteiger partial charge < -0.3 is 5.32 Å². The van der Waals surface area contributed by atoms with Crippen molar-refractivity contribution in [3.8, 4) is 0 Å². The third kappa shape index (κ3) is 5.27. The summed E-state index contributed by atoms with van der Waals surface area (Å²) in [5.41, 5.74) is 1.48. The first-order chi connectivity index (χ1) is 12.9. The van der Waals surface area contributed by atoms with E-state index >= 15 is 0 Å². The summed E-state index contributed by atoms with van der Waals surface area (Å²) < 4.78 is 26.5. The van der Waals surface area contributed by atoms with Crippen LogP contribution in [0, 0.1) is 6.92 Å². The van der Waals surface area contributed by atoms with Crippen molar-refractivity contribution in [1.82, 2.24) is 14.3 Å². The van der Waals surface area contributed by atoms with E-state index in [4.69, 9.17) is 0 Å². The van der Waals surface area contributed by atoms with Gasteiger partial charge in [-0.25, -0.2) is 18.4 Å². The lowest BCUT2D eigenvalue weighted by Crippen LogP contribution is -2.27. The highest BCUT2D eigenvalue weighted by Gasteiger charge is 2.26. The number of carbonyl (C=O) groups is 1. The van der Waals surface area contributed by atoms with Gasteiger partial charge in [-0.1, -0.05) is 0 Å². The number of amides is 1. The van der Waals surface area contributed by atoms with Crippen LogP contribution in [0.4, 0.5) is 5.69 Å². The zero-order valence-electron chi connectivity index (χ0n) is 15.1. The van der Waals surface area contributed by atoms with Crippen LogP contribution >= 0.6 is 11.8 Å². The lowest BCUT2D eigenvalue weighted by atomic mass is 10.3. The number of aromatic nitrogens is 2. The van der Waals surface area contributed by atoms with E-state index < -0.39 is 10.0 Å². The topological polar surface area (TPSA) is 92.3 Å². The smallest absolute Gasteiger partial charge is 0.243 e. The first-order valence-electron chi connectivity index (χ1n) is 8.77. The largest absolute Gasteiger partial charge is 0.326 e. The Labute approximate surface area is 163 Å². The molecule has 0 saturated carbocycles. The highest BCUT2D eigenvalue weighted by molar-refractivity contribution is 7.99. The summed E-state index contributed by atoms with van der Waals surface area (Å²) in [7, 11) is -3.43. The molecule has 144 valence electrons. The number of aryl methyl sites for hydroxylation is 1. The summed E-state index contributed by atoms with van der Waals surface area (Å²) in [6.07, 6.45) is 3.65. The Bertz CT molecular complexity index is 895. The average molecular weight is 407 g/mol. The molecule has 7 nitrogen and oxygen atoms in total. The van der Waals surface area contributed by atoms with Crippen LogP contribution in [0.2, 0.25) is 0 Å². The van der Waals surface area contributed by atoms with Crippen LogP contribution < -0.4 is 5.32 Å². The molecular weight excluding hydrogens is 384 g/mol. The minimum atomic E-state index is -3.43. The molecule has 1 aliphatic heterocycles. The number of rotatable bonds is 7. The van der Waals surface area contributed by atoms with Crippen LogP contribution in [-0.2, 0) is 14.8 Å². The van der Waals surface area contributed by atoms with Crippen molar-refractivity contribution in [1.29, 1.82) is 0 Å². The van der Waals surface area contributed by atoms with Gasteiger partial charge >= 0.3 is 0 Å². The number of thioether (sulfide) groups is 1. The normalized spacial score (nSPS) is 15.0. The van der Waals surface area contributed by atoms with E-state index in [1.165, 1.54) is 22.4 Å². The Balaban J connectivity index is 1.51. The minimum absolute atomic E-state index is 0.122. The maximum Gasteiger partial charge on any atom is 0.243 e. The molecule has 1 saturated heterocycles. The Morgan fingerprint density at radius 1 is 1.19 bits per heavy atom. The number of nitrogens with one attached hydrogen (secondary N) is 1. The molecule has 1 fully saturated rings. The highest BCUT2D eigenvalue weighted by Crippen LogP contribution is 2.22. The van der Waals surface area contributed by atoms with Crippen molar-refractivity contribution < 1.29 is 13.2 Å². The fourth-order valence-corrected chi connectivity index (χ4v) is 5.16. The maximum absolute atomic E-state index is 12.5. The third-order valence-corrected chi connectivity index (χ3v) is 7.04. The second-order valence-corrected chi connectivity index (χ2v) is 9.33. The van der Waals surface area contributed by atoms with Gasteiger partial charge in [0.05, 0.1) is 9.92 Å². The fourth-order valence-electron chi connectivity index (χ4n) is 2.77. The number of sulfonamides is 1. The van der Waals surface area contributed by atoms with Gasteiger partial charge in [0.1, 0.15) is 6.33 Å². The SMILES string of the molecule is Cc1cc(SCCC(=O)Nc2ccc(S(=O)(=O)N3CCCC3)cc2)ncn1. The molecule has 9 heteroatoms. The number of benzene rings is 1. The number of hydrogen-bond donors (Lipinski definition) is 1. The van der Waals surface area contributed by atoms with E-state index in [0.717, 1.165) is 23.6 Å². The van der Waals surface area contributed by atoms with Crippen LogP contribution in [0.5, 0.6) is 0 Å². The van der Waals surface area contributed by atoms with Crippen LogP contribution in [-0.4, -0.2) is 47.4 Å². The molecule has 0 radical (unpaired) electrons. The van der Waals surface area contributed by atoms with Crippen LogP contribution in [0.3, 0.4) is 0 Å². The van der Waals surface area contributed by atoms with Gasteiger partial charge in [-0.2, -0.15) is 4.31 Å². The minimum Gasteiger partial charge on any atom is -0.326 e. The lowest BCUT2D eigenvalue weighted by molar-refractivity contribution is -0.115. The van der Waals surface area contributed by atoms with Gasteiger partial charge in [0.25, 0.3) is 0 Å². The fraction of sp³-hybridized carbons (Fsp3) is 0.389. The molecule has 27 heavy (non-hydrogen) atoms. The molecule has 1 aliphatic rings. The summed E-state index contributed by atoms with van der Waals surface area (Å²) in [6.45, 7) is 3.04. The number of nitrogens with zero attached hydrogens (tertiary/aromatic N) is 3. The van der Waals surface area contributed by atoms with Gasteiger partial charge in [-0.05, 0) is 50.1 Å².